The average molecular weight is 844 g/mol. The maximum Gasteiger partial charge on any atom is 0.508 e. The van der Waals surface area contributed by atoms with Crippen LogP contribution in [0.3, 0.4) is 0 Å². The minimum atomic E-state index is -5.04. The SMILES string of the molecule is O=C(OCC1c2ccccc2-c2ccccc21)OC[C@H]1O[C@H](OC(=Nc2ccccc2)C(F)(F)F)[C@H](OCc2ccccc2)[C@@H](OCc2ccccc2)[C@@H]1OCc1ccccc1. The summed E-state index contributed by atoms with van der Waals surface area (Å²) in [4.78, 5) is 17.3. The van der Waals surface area contributed by atoms with Crippen LogP contribution in [0.1, 0.15) is 33.7 Å². The van der Waals surface area contributed by atoms with Crippen LogP contribution >= 0.6 is 0 Å². The van der Waals surface area contributed by atoms with Crippen LogP contribution in [0, 0.1) is 0 Å². The molecule has 0 amide bonds. The molecule has 2 aliphatic rings. The number of alkyl halides is 3. The van der Waals surface area contributed by atoms with E-state index in [0.717, 1.165) is 38.9 Å². The standard InChI is InChI=1S/C50H44F3NO8/c51-50(52,53)48(54-37-23-11-4-12-24-37)62-47-46(58-31-36-21-9-3-10-22-36)45(57-30-35-19-7-2-8-20-35)44(56-29-34-17-5-1-6-18-34)43(61-47)33-60-49(55)59-32-42-40-27-15-13-25-38(40)39-26-14-16-28-41(39)42/h1-28,42-47H,29-33H2/t43-,44-,45+,46-,47-/m1/s1. The molecule has 1 heterocycles. The predicted molar refractivity (Wildman–Crippen MR) is 225 cm³/mol. The fraction of sp³-hybridized carbons (Fsp3) is 0.240. The number of rotatable bonds is 15. The highest BCUT2D eigenvalue weighted by atomic mass is 19.4. The summed E-state index contributed by atoms with van der Waals surface area (Å²) in [5.74, 6) is -1.80. The van der Waals surface area contributed by atoms with Crippen molar-refractivity contribution in [1.29, 1.82) is 0 Å². The number of ether oxygens (including phenoxy) is 7. The number of para-hydroxylation sites is 1. The smallest absolute Gasteiger partial charge is 0.441 e. The van der Waals surface area contributed by atoms with Gasteiger partial charge >= 0.3 is 12.3 Å². The molecule has 1 aliphatic heterocycles. The molecule has 318 valence electrons. The predicted octanol–water partition coefficient (Wildman–Crippen LogP) is 10.7. The van der Waals surface area contributed by atoms with Gasteiger partial charge in [-0.05, 0) is 51.1 Å². The first-order valence-electron chi connectivity index (χ1n) is 20.3. The van der Waals surface area contributed by atoms with E-state index < -0.39 is 55.5 Å². The summed E-state index contributed by atoms with van der Waals surface area (Å²) < 4.78 is 87.7. The number of hydrogen-bond donors (Lipinski definition) is 0. The quantitative estimate of drug-likeness (QED) is 0.0573. The van der Waals surface area contributed by atoms with Crippen LogP contribution in [-0.4, -0.2) is 62.1 Å². The zero-order chi connectivity index (χ0) is 42.7. The van der Waals surface area contributed by atoms with Crippen LogP contribution in [0.4, 0.5) is 23.7 Å². The third kappa shape index (κ3) is 10.6. The van der Waals surface area contributed by atoms with Gasteiger partial charge in [-0.1, -0.05) is 158 Å². The van der Waals surface area contributed by atoms with Crippen LogP contribution in [0.5, 0.6) is 0 Å². The maximum absolute atomic E-state index is 14.8. The molecule has 9 nitrogen and oxygen atoms in total. The Labute approximate surface area is 357 Å². The second-order valence-electron chi connectivity index (χ2n) is 14.8. The first kappa shape index (κ1) is 42.4. The van der Waals surface area contributed by atoms with Crippen LogP contribution in [0.25, 0.3) is 11.1 Å². The van der Waals surface area contributed by atoms with Gasteiger partial charge in [0.05, 0.1) is 25.5 Å². The summed E-state index contributed by atoms with van der Waals surface area (Å²) in [7, 11) is 0. The Hall–Kier alpha value is -6.31. The maximum atomic E-state index is 14.8. The monoisotopic (exact) mass is 843 g/mol. The van der Waals surface area contributed by atoms with E-state index >= 15 is 0 Å². The van der Waals surface area contributed by atoms with Crippen molar-refractivity contribution in [2.45, 2.75) is 62.6 Å². The average Bonchev–Trinajstić information content (AvgIpc) is 3.62. The van der Waals surface area contributed by atoms with E-state index in [-0.39, 0.29) is 38.0 Å². The Morgan fingerprint density at radius 3 is 1.48 bits per heavy atom. The van der Waals surface area contributed by atoms with Crippen molar-refractivity contribution in [2.75, 3.05) is 13.2 Å². The van der Waals surface area contributed by atoms with E-state index in [0.29, 0.717) is 0 Å². The zero-order valence-electron chi connectivity index (χ0n) is 33.5. The lowest BCUT2D eigenvalue weighted by Crippen LogP contribution is -2.62. The van der Waals surface area contributed by atoms with Crippen LogP contribution < -0.4 is 0 Å². The van der Waals surface area contributed by atoms with Gasteiger partial charge in [-0.3, -0.25) is 0 Å². The van der Waals surface area contributed by atoms with E-state index in [1.165, 1.54) is 12.1 Å². The molecule has 62 heavy (non-hydrogen) atoms. The summed E-state index contributed by atoms with van der Waals surface area (Å²) in [6.45, 7) is -0.463. The summed E-state index contributed by atoms with van der Waals surface area (Å²) in [6.07, 6.45) is -12.6. The molecule has 8 rings (SSSR count). The zero-order valence-corrected chi connectivity index (χ0v) is 33.5. The molecule has 12 heteroatoms. The van der Waals surface area contributed by atoms with Gasteiger partial charge < -0.3 is 33.2 Å². The van der Waals surface area contributed by atoms with E-state index in [1.54, 1.807) is 18.2 Å². The second kappa shape index (κ2) is 20.0. The molecule has 6 aromatic carbocycles. The highest BCUT2D eigenvalue weighted by Gasteiger charge is 2.52. The third-order valence-electron chi connectivity index (χ3n) is 10.6. The highest BCUT2D eigenvalue weighted by Crippen LogP contribution is 2.44. The van der Waals surface area contributed by atoms with Gasteiger partial charge in [0.2, 0.25) is 6.29 Å². The number of carbonyl (C=O) groups excluding carboxylic acids is 1. The van der Waals surface area contributed by atoms with Gasteiger partial charge in [0, 0.05) is 5.92 Å². The molecule has 1 fully saturated rings. The van der Waals surface area contributed by atoms with Crippen LogP contribution in [0.2, 0.25) is 0 Å². The lowest BCUT2D eigenvalue weighted by atomic mass is 9.97. The van der Waals surface area contributed by atoms with Crippen LogP contribution in [0.15, 0.2) is 175 Å². The van der Waals surface area contributed by atoms with Gasteiger partial charge in [-0.25, -0.2) is 9.79 Å². The Morgan fingerprint density at radius 2 is 0.968 bits per heavy atom. The minimum Gasteiger partial charge on any atom is -0.441 e. The fourth-order valence-electron chi connectivity index (χ4n) is 7.64. The number of carbonyl (C=O) groups is 1. The number of halogens is 3. The van der Waals surface area contributed by atoms with Gasteiger partial charge in [0.25, 0.3) is 5.90 Å². The van der Waals surface area contributed by atoms with E-state index in [4.69, 9.17) is 33.2 Å². The van der Waals surface area contributed by atoms with Gasteiger partial charge in [-0.2, -0.15) is 13.2 Å². The molecular formula is C50H44F3NO8. The first-order valence-corrected chi connectivity index (χ1v) is 20.3. The Bertz CT molecular complexity index is 2340. The summed E-state index contributed by atoms with van der Waals surface area (Å²) in [5.41, 5.74) is 6.49. The topological polar surface area (TPSA) is 94.0 Å². The molecule has 0 saturated carbocycles. The molecule has 0 N–H and O–H groups in total. The number of nitrogens with zero attached hydrogens (tertiary/aromatic N) is 1. The molecule has 5 atom stereocenters. The molecule has 1 aliphatic carbocycles. The van der Waals surface area contributed by atoms with E-state index in [9.17, 15) is 18.0 Å². The Balaban J connectivity index is 1.10. The van der Waals surface area contributed by atoms with E-state index in [1.807, 2.05) is 140 Å². The summed E-state index contributed by atoms with van der Waals surface area (Å²) in [5, 5.41) is 0. The van der Waals surface area contributed by atoms with Gasteiger partial charge in [-0.15, -0.1) is 0 Å². The van der Waals surface area contributed by atoms with E-state index in [2.05, 4.69) is 4.99 Å². The van der Waals surface area contributed by atoms with Gasteiger partial charge in [0.15, 0.2) is 0 Å². The lowest BCUT2D eigenvalue weighted by molar-refractivity contribution is -0.314. The largest absolute Gasteiger partial charge is 0.508 e. The number of benzene rings is 6. The molecule has 0 aromatic heterocycles. The highest BCUT2D eigenvalue weighted by molar-refractivity contribution is 5.84. The first-order chi connectivity index (χ1) is 30.3. The molecule has 0 bridgehead atoms. The van der Waals surface area contributed by atoms with Crippen molar-refractivity contribution in [3.63, 3.8) is 0 Å². The molecule has 0 radical (unpaired) electrons. The summed E-state index contributed by atoms with van der Waals surface area (Å²) in [6, 6.07) is 51.2. The number of aliphatic imine (C=N–C) groups is 1. The lowest BCUT2D eigenvalue weighted by Gasteiger charge is -2.45. The molecule has 6 aromatic rings. The van der Waals surface area contributed by atoms with Crippen molar-refractivity contribution < 1.29 is 51.1 Å². The third-order valence-corrected chi connectivity index (χ3v) is 10.6. The van der Waals surface area contributed by atoms with Crippen molar-refractivity contribution in [3.05, 3.63) is 198 Å². The van der Waals surface area contributed by atoms with Crippen molar-refractivity contribution >= 4 is 17.7 Å². The molecular weight excluding hydrogens is 800 g/mol. The summed E-state index contributed by atoms with van der Waals surface area (Å²) >= 11 is 0. The minimum absolute atomic E-state index is 0.00785. The normalized spacial score (nSPS) is 19.9. The van der Waals surface area contributed by atoms with Crippen LogP contribution in [-0.2, 0) is 53.0 Å². The molecule has 1 saturated heterocycles. The Morgan fingerprint density at radius 1 is 0.532 bits per heavy atom. The number of fused-ring (bicyclic) bond motifs is 3. The van der Waals surface area contributed by atoms with Crippen molar-refractivity contribution in [1.82, 2.24) is 0 Å². The van der Waals surface area contributed by atoms with Crippen molar-refractivity contribution in [3.8, 4) is 11.1 Å². The second-order valence-corrected chi connectivity index (χ2v) is 14.8. The number of hydrogen-bond acceptors (Lipinski definition) is 9. The van der Waals surface area contributed by atoms with Crippen molar-refractivity contribution in [2.24, 2.45) is 4.99 Å². The fourth-order valence-corrected chi connectivity index (χ4v) is 7.64. The molecule has 0 spiro atoms. The van der Waals surface area contributed by atoms with Gasteiger partial charge in [0.1, 0.15) is 37.6 Å². The molecule has 0 unspecified atom stereocenters. The Kier molecular flexibility index (Phi) is 13.7.